The molecule has 0 aromatic heterocycles. The lowest BCUT2D eigenvalue weighted by Gasteiger charge is -2.32. The van der Waals surface area contributed by atoms with E-state index in [0.29, 0.717) is 30.9 Å². The maximum atomic E-state index is 11.7. The number of nitrogens with zero attached hydrogens (tertiary/aromatic N) is 1. The number of carbonyl (C=O) groups excluding carboxylic acids is 2. The fourth-order valence-corrected chi connectivity index (χ4v) is 3.10. The number of likely N-dealkylation sites (tertiary alicyclic amines) is 1. The highest BCUT2D eigenvalue weighted by molar-refractivity contribution is 5.95. The smallest absolute Gasteiger partial charge is 0.309 e. The van der Waals surface area contributed by atoms with Gasteiger partial charge < -0.3 is 19.5 Å². The maximum Gasteiger partial charge on any atom is 0.309 e. The molecular weight excluding hydrogens is 334 g/mol. The van der Waals surface area contributed by atoms with Gasteiger partial charge in [0.1, 0.15) is 18.5 Å². The summed E-state index contributed by atoms with van der Waals surface area (Å²) in [6.45, 7) is 6.32. The Balaban J connectivity index is 1.70. The molecule has 2 rings (SSSR count). The van der Waals surface area contributed by atoms with Crippen molar-refractivity contribution in [2.24, 2.45) is 5.92 Å². The lowest BCUT2D eigenvalue weighted by atomic mass is 9.97. The van der Waals surface area contributed by atoms with E-state index >= 15 is 0 Å². The fraction of sp³-hybridized carbons (Fsp3) is 0.600. The second-order valence-electron chi connectivity index (χ2n) is 6.59. The minimum Gasteiger partial charge on any atom is -0.491 e. The molecule has 0 radical (unpaired) electrons. The number of rotatable bonds is 9. The number of aliphatic hydroxyl groups is 1. The molecular formula is C20H29NO5. The third kappa shape index (κ3) is 6.11. The van der Waals surface area contributed by atoms with E-state index < -0.39 is 6.10 Å². The Labute approximate surface area is 155 Å². The van der Waals surface area contributed by atoms with Crippen molar-refractivity contribution in [3.05, 3.63) is 29.8 Å². The van der Waals surface area contributed by atoms with E-state index in [9.17, 15) is 14.7 Å². The maximum absolute atomic E-state index is 11.7. The van der Waals surface area contributed by atoms with Crippen molar-refractivity contribution in [2.75, 3.05) is 32.8 Å². The van der Waals surface area contributed by atoms with Crippen molar-refractivity contribution < 1.29 is 24.2 Å². The van der Waals surface area contributed by atoms with Gasteiger partial charge in [0.05, 0.1) is 12.5 Å². The molecule has 1 saturated heterocycles. The number of hydrogen-bond donors (Lipinski definition) is 1. The van der Waals surface area contributed by atoms with Gasteiger partial charge in [-0.1, -0.05) is 6.92 Å². The summed E-state index contributed by atoms with van der Waals surface area (Å²) in [5.74, 6) is 0.602. The van der Waals surface area contributed by atoms with Crippen LogP contribution >= 0.6 is 0 Å². The summed E-state index contributed by atoms with van der Waals surface area (Å²) in [4.78, 5) is 25.5. The van der Waals surface area contributed by atoms with Crippen LogP contribution in [0, 0.1) is 5.92 Å². The number of aliphatic hydroxyl groups excluding tert-OH is 1. The predicted molar refractivity (Wildman–Crippen MR) is 98.4 cm³/mol. The second kappa shape index (κ2) is 10.3. The van der Waals surface area contributed by atoms with Crippen molar-refractivity contribution in [3.8, 4) is 5.75 Å². The summed E-state index contributed by atoms with van der Waals surface area (Å²) >= 11 is 0. The normalized spacial score (nSPS) is 16.9. The van der Waals surface area contributed by atoms with Crippen molar-refractivity contribution in [3.63, 3.8) is 0 Å². The van der Waals surface area contributed by atoms with Gasteiger partial charge in [-0.2, -0.15) is 0 Å². The molecule has 0 spiro atoms. The monoisotopic (exact) mass is 363 g/mol. The molecule has 144 valence electrons. The van der Waals surface area contributed by atoms with Gasteiger partial charge in [-0.25, -0.2) is 0 Å². The number of β-amino-alcohol motifs (C(OH)–C–C–N with tert-alkyl or cyclic N) is 1. The van der Waals surface area contributed by atoms with Gasteiger partial charge in [-0.3, -0.25) is 9.59 Å². The summed E-state index contributed by atoms with van der Waals surface area (Å²) in [5.41, 5.74) is 0.671. The third-order valence-electron chi connectivity index (χ3n) is 4.62. The van der Waals surface area contributed by atoms with Crippen LogP contribution in [0.1, 0.15) is 43.5 Å². The van der Waals surface area contributed by atoms with E-state index in [1.807, 2.05) is 13.8 Å². The van der Waals surface area contributed by atoms with Crippen LogP contribution in [0.3, 0.4) is 0 Å². The first-order valence-electron chi connectivity index (χ1n) is 9.36. The van der Waals surface area contributed by atoms with Gasteiger partial charge in [0.2, 0.25) is 0 Å². The highest BCUT2D eigenvalue weighted by Crippen LogP contribution is 2.19. The molecule has 6 heteroatoms. The summed E-state index contributed by atoms with van der Waals surface area (Å²) in [6, 6.07) is 6.99. The van der Waals surface area contributed by atoms with Gasteiger partial charge in [-0.05, 0) is 57.1 Å². The standard InChI is InChI=1S/C20H29NO5/c1-3-19(23)15-5-7-18(8-6-15)26-14-17(22)13-21-11-9-16(10-12-21)20(24)25-4-2/h5-8,16-17,22H,3-4,9-14H2,1-2H3/t17-/m0/s1. The molecule has 26 heavy (non-hydrogen) atoms. The summed E-state index contributed by atoms with van der Waals surface area (Å²) in [6.07, 6.45) is 1.40. The quantitative estimate of drug-likeness (QED) is 0.536. The highest BCUT2D eigenvalue weighted by atomic mass is 16.5. The summed E-state index contributed by atoms with van der Waals surface area (Å²) < 4.78 is 10.7. The Kier molecular flexibility index (Phi) is 8.06. The zero-order valence-corrected chi connectivity index (χ0v) is 15.6. The molecule has 1 heterocycles. The minimum atomic E-state index is -0.605. The topological polar surface area (TPSA) is 76.1 Å². The van der Waals surface area contributed by atoms with Crippen LogP contribution in [-0.4, -0.2) is 60.7 Å². The molecule has 1 fully saturated rings. The fourth-order valence-electron chi connectivity index (χ4n) is 3.10. The van der Waals surface area contributed by atoms with E-state index in [-0.39, 0.29) is 24.3 Å². The van der Waals surface area contributed by atoms with Crippen molar-refractivity contribution in [1.29, 1.82) is 0 Å². The highest BCUT2D eigenvalue weighted by Gasteiger charge is 2.26. The largest absolute Gasteiger partial charge is 0.491 e. The van der Waals surface area contributed by atoms with Crippen molar-refractivity contribution in [2.45, 2.75) is 39.2 Å². The van der Waals surface area contributed by atoms with Crippen LogP contribution in [-0.2, 0) is 9.53 Å². The third-order valence-corrected chi connectivity index (χ3v) is 4.62. The van der Waals surface area contributed by atoms with Crippen molar-refractivity contribution >= 4 is 11.8 Å². The zero-order chi connectivity index (χ0) is 18.9. The number of hydrogen-bond acceptors (Lipinski definition) is 6. The van der Waals surface area contributed by atoms with Crippen LogP contribution in [0.5, 0.6) is 5.75 Å². The Hall–Kier alpha value is -1.92. The molecule has 1 atom stereocenters. The molecule has 0 saturated carbocycles. The van der Waals surface area contributed by atoms with Crippen LogP contribution in [0.4, 0.5) is 0 Å². The van der Waals surface area contributed by atoms with E-state index in [0.717, 1.165) is 25.9 Å². The minimum absolute atomic E-state index is 0.0241. The van der Waals surface area contributed by atoms with Gasteiger partial charge >= 0.3 is 5.97 Å². The zero-order valence-electron chi connectivity index (χ0n) is 15.6. The lowest BCUT2D eigenvalue weighted by molar-refractivity contribution is -0.149. The van der Waals surface area contributed by atoms with E-state index in [1.165, 1.54) is 0 Å². The molecule has 0 aliphatic carbocycles. The number of benzene rings is 1. The number of Topliss-reactive ketones (excluding diaryl/α,β-unsaturated/α-hetero) is 1. The molecule has 1 aromatic rings. The van der Waals surface area contributed by atoms with Gasteiger partial charge in [0.25, 0.3) is 0 Å². The van der Waals surface area contributed by atoms with Crippen LogP contribution in [0.25, 0.3) is 0 Å². The van der Waals surface area contributed by atoms with Crippen LogP contribution < -0.4 is 4.74 Å². The first-order valence-corrected chi connectivity index (χ1v) is 9.36. The molecule has 1 aliphatic rings. The number of esters is 1. The Morgan fingerprint density at radius 2 is 1.85 bits per heavy atom. The number of carbonyl (C=O) groups is 2. The van der Waals surface area contributed by atoms with Gasteiger partial charge in [0, 0.05) is 18.5 Å². The number of piperidine rings is 1. The molecule has 0 unspecified atom stereocenters. The van der Waals surface area contributed by atoms with E-state index in [1.54, 1.807) is 24.3 Å². The SMILES string of the molecule is CCOC(=O)C1CCN(C[C@H](O)COc2ccc(C(=O)CC)cc2)CC1. The number of ketones is 1. The van der Waals surface area contributed by atoms with Crippen LogP contribution in [0.15, 0.2) is 24.3 Å². The Morgan fingerprint density at radius 3 is 2.42 bits per heavy atom. The number of ether oxygens (including phenoxy) is 2. The molecule has 1 aliphatic heterocycles. The molecule has 1 aromatic carbocycles. The molecule has 0 bridgehead atoms. The summed E-state index contributed by atoms with van der Waals surface area (Å²) in [7, 11) is 0. The first-order chi connectivity index (χ1) is 12.5. The predicted octanol–water partition coefficient (Wildman–Crippen LogP) is 2.29. The average Bonchev–Trinajstić information content (AvgIpc) is 2.67. The summed E-state index contributed by atoms with van der Waals surface area (Å²) in [5, 5.41) is 10.2. The Morgan fingerprint density at radius 1 is 1.19 bits per heavy atom. The lowest BCUT2D eigenvalue weighted by Crippen LogP contribution is -2.42. The van der Waals surface area contributed by atoms with Crippen LogP contribution in [0.2, 0.25) is 0 Å². The molecule has 0 amide bonds. The van der Waals surface area contributed by atoms with Gasteiger partial charge in [-0.15, -0.1) is 0 Å². The average molecular weight is 363 g/mol. The second-order valence-corrected chi connectivity index (χ2v) is 6.59. The van der Waals surface area contributed by atoms with E-state index in [4.69, 9.17) is 9.47 Å². The Bertz CT molecular complexity index is 578. The molecule has 6 nitrogen and oxygen atoms in total. The van der Waals surface area contributed by atoms with Crippen molar-refractivity contribution in [1.82, 2.24) is 4.90 Å². The van der Waals surface area contributed by atoms with Gasteiger partial charge in [0.15, 0.2) is 5.78 Å². The van der Waals surface area contributed by atoms with E-state index in [2.05, 4.69) is 4.90 Å². The first kappa shape index (κ1) is 20.4. The molecule has 1 N–H and O–H groups in total.